The van der Waals surface area contributed by atoms with Crippen molar-refractivity contribution in [2.24, 2.45) is 0 Å². The fraction of sp³-hybridized carbons (Fsp3) is 0.556. The highest BCUT2D eigenvalue weighted by atomic mass is 35.5. The molecule has 0 radical (unpaired) electrons. The lowest BCUT2D eigenvalue weighted by Crippen LogP contribution is -2.34. The molecule has 2 rings (SSSR count). The zero-order valence-electron chi connectivity index (χ0n) is 8.11. The van der Waals surface area contributed by atoms with Gasteiger partial charge >= 0.3 is 0 Å². The maximum absolute atomic E-state index is 11.3. The molecule has 1 aliphatic rings. The molecule has 0 saturated carbocycles. The molecule has 1 saturated heterocycles. The summed E-state index contributed by atoms with van der Waals surface area (Å²) >= 11 is 5.87. The van der Waals surface area contributed by atoms with E-state index in [-0.39, 0.29) is 23.2 Å². The standard InChI is InChI=1S/C9H12ClN3O2/c10-7-8(11-5-12-9(7)15)13-3-1-2-6(13)4-14/h5-6,14H,1-4H2,(H,11,12,15). The van der Waals surface area contributed by atoms with Gasteiger partial charge in [-0.05, 0) is 12.8 Å². The Morgan fingerprint density at radius 1 is 1.73 bits per heavy atom. The molecule has 5 nitrogen and oxygen atoms in total. The lowest BCUT2D eigenvalue weighted by molar-refractivity contribution is 0.266. The Bertz CT molecular complexity index is 407. The summed E-state index contributed by atoms with van der Waals surface area (Å²) in [7, 11) is 0. The predicted molar refractivity (Wildman–Crippen MR) is 57.3 cm³/mol. The van der Waals surface area contributed by atoms with E-state index in [2.05, 4.69) is 9.97 Å². The number of hydrogen-bond donors (Lipinski definition) is 2. The number of nitrogens with zero attached hydrogens (tertiary/aromatic N) is 2. The van der Waals surface area contributed by atoms with Gasteiger partial charge in [-0.1, -0.05) is 11.6 Å². The van der Waals surface area contributed by atoms with Gasteiger partial charge in [0.1, 0.15) is 5.02 Å². The molecule has 6 heteroatoms. The van der Waals surface area contributed by atoms with E-state index >= 15 is 0 Å². The van der Waals surface area contributed by atoms with Crippen LogP contribution in [-0.2, 0) is 0 Å². The molecule has 0 amide bonds. The van der Waals surface area contributed by atoms with Crippen LogP contribution in [0.25, 0.3) is 0 Å². The lowest BCUT2D eigenvalue weighted by Gasteiger charge is -2.24. The average Bonchev–Trinajstić information content (AvgIpc) is 2.70. The molecule has 2 N–H and O–H groups in total. The molecular weight excluding hydrogens is 218 g/mol. The van der Waals surface area contributed by atoms with Crippen molar-refractivity contribution in [3.8, 4) is 0 Å². The van der Waals surface area contributed by atoms with Crippen LogP contribution in [0.4, 0.5) is 5.82 Å². The number of aliphatic hydroxyl groups excluding tert-OH is 1. The molecule has 0 bridgehead atoms. The van der Waals surface area contributed by atoms with E-state index in [0.717, 1.165) is 19.4 Å². The fourth-order valence-corrected chi connectivity index (χ4v) is 2.09. The van der Waals surface area contributed by atoms with Crippen LogP contribution in [0.3, 0.4) is 0 Å². The topological polar surface area (TPSA) is 69.2 Å². The van der Waals surface area contributed by atoms with Crippen molar-refractivity contribution in [2.45, 2.75) is 18.9 Å². The van der Waals surface area contributed by atoms with Gasteiger partial charge in [0.15, 0.2) is 5.82 Å². The van der Waals surface area contributed by atoms with Gasteiger partial charge in [0.05, 0.1) is 19.0 Å². The van der Waals surface area contributed by atoms with Crippen molar-refractivity contribution in [1.82, 2.24) is 9.97 Å². The Kier molecular flexibility index (Phi) is 2.93. The molecule has 1 fully saturated rings. The smallest absolute Gasteiger partial charge is 0.271 e. The van der Waals surface area contributed by atoms with Gasteiger partial charge < -0.3 is 15.0 Å². The summed E-state index contributed by atoms with van der Waals surface area (Å²) in [6.07, 6.45) is 3.22. The number of anilines is 1. The minimum Gasteiger partial charge on any atom is -0.394 e. The second kappa shape index (κ2) is 4.20. The van der Waals surface area contributed by atoms with E-state index in [0.29, 0.717) is 5.82 Å². The Labute approximate surface area is 91.7 Å². The first-order chi connectivity index (χ1) is 7.24. The van der Waals surface area contributed by atoms with E-state index in [1.54, 1.807) is 0 Å². The van der Waals surface area contributed by atoms with Gasteiger partial charge in [-0.15, -0.1) is 0 Å². The zero-order valence-corrected chi connectivity index (χ0v) is 8.87. The summed E-state index contributed by atoms with van der Waals surface area (Å²) < 4.78 is 0. The number of aromatic amines is 1. The molecule has 0 aromatic carbocycles. The third-order valence-corrected chi connectivity index (χ3v) is 2.98. The molecule has 0 spiro atoms. The van der Waals surface area contributed by atoms with Gasteiger partial charge in [0, 0.05) is 6.54 Å². The molecule has 1 aliphatic heterocycles. The van der Waals surface area contributed by atoms with Crippen LogP contribution < -0.4 is 10.5 Å². The Morgan fingerprint density at radius 3 is 3.27 bits per heavy atom. The second-order valence-corrected chi connectivity index (χ2v) is 3.92. The number of nitrogens with one attached hydrogen (secondary N) is 1. The Hall–Kier alpha value is -1.07. The minimum absolute atomic E-state index is 0.0248. The molecule has 1 aromatic rings. The summed E-state index contributed by atoms with van der Waals surface area (Å²) in [5, 5.41) is 9.25. The Balaban J connectivity index is 2.36. The Morgan fingerprint density at radius 2 is 2.53 bits per heavy atom. The largest absolute Gasteiger partial charge is 0.394 e. The first-order valence-electron chi connectivity index (χ1n) is 4.84. The number of aliphatic hydroxyl groups is 1. The first-order valence-corrected chi connectivity index (χ1v) is 5.22. The molecule has 2 heterocycles. The van der Waals surface area contributed by atoms with E-state index in [1.807, 2.05) is 4.90 Å². The zero-order chi connectivity index (χ0) is 10.8. The average molecular weight is 230 g/mol. The number of hydrogen-bond acceptors (Lipinski definition) is 4. The molecule has 1 unspecified atom stereocenters. The van der Waals surface area contributed by atoms with Crippen LogP contribution in [-0.4, -0.2) is 34.3 Å². The minimum atomic E-state index is -0.342. The monoisotopic (exact) mass is 229 g/mol. The molecule has 0 aliphatic carbocycles. The van der Waals surface area contributed by atoms with Crippen molar-refractivity contribution in [3.63, 3.8) is 0 Å². The highest BCUT2D eigenvalue weighted by Gasteiger charge is 2.27. The van der Waals surface area contributed by atoms with Gasteiger partial charge in [-0.3, -0.25) is 4.79 Å². The van der Waals surface area contributed by atoms with Gasteiger partial charge in [0.25, 0.3) is 5.56 Å². The van der Waals surface area contributed by atoms with E-state index < -0.39 is 0 Å². The number of aromatic nitrogens is 2. The van der Waals surface area contributed by atoms with Gasteiger partial charge in [-0.25, -0.2) is 4.98 Å². The SMILES string of the molecule is O=c1[nH]cnc(N2CCCC2CO)c1Cl. The van der Waals surface area contributed by atoms with Crippen molar-refractivity contribution in [2.75, 3.05) is 18.1 Å². The van der Waals surface area contributed by atoms with E-state index in [9.17, 15) is 4.79 Å². The summed E-state index contributed by atoms with van der Waals surface area (Å²) in [5.41, 5.74) is -0.342. The number of halogens is 1. The van der Waals surface area contributed by atoms with E-state index in [4.69, 9.17) is 16.7 Å². The second-order valence-electron chi connectivity index (χ2n) is 3.54. The molecular formula is C9H12ClN3O2. The molecule has 1 atom stereocenters. The normalized spacial score (nSPS) is 20.9. The summed E-state index contributed by atoms with van der Waals surface area (Å²) in [6.45, 7) is 0.839. The van der Waals surface area contributed by atoms with Gasteiger partial charge in [-0.2, -0.15) is 0 Å². The highest BCUT2D eigenvalue weighted by Crippen LogP contribution is 2.26. The molecule has 15 heavy (non-hydrogen) atoms. The van der Waals surface area contributed by atoms with Crippen LogP contribution in [0.15, 0.2) is 11.1 Å². The summed E-state index contributed by atoms with van der Waals surface area (Å²) in [6, 6.07) is 0.0248. The van der Waals surface area contributed by atoms with Crippen LogP contribution in [0.5, 0.6) is 0 Å². The van der Waals surface area contributed by atoms with E-state index in [1.165, 1.54) is 6.33 Å². The summed E-state index contributed by atoms with van der Waals surface area (Å²) in [4.78, 5) is 19.6. The molecule has 82 valence electrons. The fourth-order valence-electron chi connectivity index (χ4n) is 1.88. The quantitative estimate of drug-likeness (QED) is 0.770. The van der Waals surface area contributed by atoms with Crippen LogP contribution >= 0.6 is 11.6 Å². The van der Waals surface area contributed by atoms with Crippen molar-refractivity contribution in [3.05, 3.63) is 21.7 Å². The predicted octanol–water partition coefficient (Wildman–Crippen LogP) is 0.384. The van der Waals surface area contributed by atoms with Crippen LogP contribution in [0, 0.1) is 0 Å². The number of H-pyrrole nitrogens is 1. The van der Waals surface area contributed by atoms with Crippen molar-refractivity contribution < 1.29 is 5.11 Å². The van der Waals surface area contributed by atoms with Gasteiger partial charge in [0.2, 0.25) is 0 Å². The third-order valence-electron chi connectivity index (χ3n) is 2.64. The third kappa shape index (κ3) is 1.85. The van der Waals surface area contributed by atoms with Crippen molar-refractivity contribution >= 4 is 17.4 Å². The van der Waals surface area contributed by atoms with Crippen LogP contribution in [0.1, 0.15) is 12.8 Å². The molecule has 1 aromatic heterocycles. The van der Waals surface area contributed by atoms with Crippen LogP contribution in [0.2, 0.25) is 5.02 Å². The maximum atomic E-state index is 11.3. The summed E-state index contributed by atoms with van der Waals surface area (Å²) in [5.74, 6) is 0.469. The number of rotatable bonds is 2. The first kappa shape index (κ1) is 10.4. The lowest BCUT2D eigenvalue weighted by atomic mass is 10.2. The maximum Gasteiger partial charge on any atom is 0.271 e. The highest BCUT2D eigenvalue weighted by molar-refractivity contribution is 6.32. The van der Waals surface area contributed by atoms with Crippen molar-refractivity contribution in [1.29, 1.82) is 0 Å².